The van der Waals surface area contributed by atoms with Crippen LogP contribution in [0, 0.1) is 35.5 Å². The molecule has 0 aromatic carbocycles. The summed E-state index contributed by atoms with van der Waals surface area (Å²) in [6.45, 7) is 18.3. The Kier molecular flexibility index (Phi) is 23.1. The predicted octanol–water partition coefficient (Wildman–Crippen LogP) is 10.2. The van der Waals surface area contributed by atoms with Crippen molar-refractivity contribution < 1.29 is 19.1 Å². The number of rotatable bonds is 25. The fourth-order valence-electron chi connectivity index (χ4n) is 5.32. The maximum Gasteiger partial charge on any atom is 0.309 e. The topological polar surface area (TPSA) is 52.6 Å². The van der Waals surface area contributed by atoms with E-state index in [1.807, 2.05) is 0 Å². The lowest BCUT2D eigenvalue weighted by Crippen LogP contribution is -2.34. The SMILES string of the molecule is CC(C)COC(=O)CCCCCCCCCCCCCCCCC(C(C)C)C(C(=O)OCC(C)C)C(C)C. The molecule has 0 bridgehead atoms. The third kappa shape index (κ3) is 20.8. The van der Waals surface area contributed by atoms with E-state index in [0.29, 0.717) is 49.2 Å². The average Bonchev–Trinajstić information content (AvgIpc) is 2.84. The molecule has 2 atom stereocenters. The van der Waals surface area contributed by atoms with Gasteiger partial charge in [-0.1, -0.05) is 139 Å². The normalized spacial score (nSPS) is 13.5. The van der Waals surface area contributed by atoms with Crippen LogP contribution in [-0.4, -0.2) is 25.2 Å². The van der Waals surface area contributed by atoms with E-state index in [0.717, 1.165) is 19.3 Å². The molecule has 0 aliphatic rings. The molecule has 226 valence electrons. The monoisotopic (exact) mass is 538 g/mol. The molecular formula is C34H66O4. The molecule has 0 aliphatic heterocycles. The second kappa shape index (κ2) is 23.8. The van der Waals surface area contributed by atoms with E-state index in [1.165, 1.54) is 77.0 Å². The van der Waals surface area contributed by atoms with E-state index in [9.17, 15) is 9.59 Å². The molecule has 4 heteroatoms. The molecule has 0 saturated carbocycles. The molecule has 4 nitrogen and oxygen atoms in total. The zero-order valence-corrected chi connectivity index (χ0v) is 26.8. The molecule has 0 N–H and O–H groups in total. The van der Waals surface area contributed by atoms with Crippen LogP contribution >= 0.6 is 0 Å². The third-order valence-corrected chi connectivity index (χ3v) is 7.61. The van der Waals surface area contributed by atoms with Crippen LogP contribution in [0.1, 0.15) is 158 Å². The Morgan fingerprint density at radius 1 is 0.500 bits per heavy atom. The number of carbonyl (C=O) groups excluding carboxylic acids is 2. The highest BCUT2D eigenvalue weighted by atomic mass is 16.5. The van der Waals surface area contributed by atoms with Crippen molar-refractivity contribution in [1.29, 1.82) is 0 Å². The summed E-state index contributed by atoms with van der Waals surface area (Å²) >= 11 is 0. The number of carbonyl (C=O) groups is 2. The van der Waals surface area contributed by atoms with Crippen LogP contribution in [0.4, 0.5) is 0 Å². The molecule has 0 fully saturated rings. The molecule has 0 saturated heterocycles. The van der Waals surface area contributed by atoms with Gasteiger partial charge in [0, 0.05) is 6.42 Å². The Hall–Kier alpha value is -1.06. The minimum atomic E-state index is -0.0303. The van der Waals surface area contributed by atoms with Gasteiger partial charge in [-0.15, -0.1) is 0 Å². The van der Waals surface area contributed by atoms with Crippen LogP contribution in [0.2, 0.25) is 0 Å². The third-order valence-electron chi connectivity index (χ3n) is 7.61. The maximum absolute atomic E-state index is 12.8. The Balaban J connectivity index is 3.76. The van der Waals surface area contributed by atoms with Crippen molar-refractivity contribution in [2.24, 2.45) is 35.5 Å². The summed E-state index contributed by atoms with van der Waals surface area (Å²) in [6, 6.07) is 0. The van der Waals surface area contributed by atoms with E-state index in [1.54, 1.807) is 0 Å². The van der Waals surface area contributed by atoms with Gasteiger partial charge in [0.2, 0.25) is 0 Å². The number of unbranched alkanes of at least 4 members (excludes halogenated alkanes) is 13. The Labute approximate surface area is 237 Å². The summed E-state index contributed by atoms with van der Waals surface area (Å²) in [6.07, 6.45) is 19.7. The number of hydrogen-bond acceptors (Lipinski definition) is 4. The van der Waals surface area contributed by atoms with Crippen molar-refractivity contribution in [3.8, 4) is 0 Å². The fraction of sp³-hybridized carbons (Fsp3) is 0.941. The minimum absolute atomic E-state index is 0.0199. The summed E-state index contributed by atoms with van der Waals surface area (Å²) in [5.41, 5.74) is 0. The van der Waals surface area contributed by atoms with Crippen LogP contribution in [-0.2, 0) is 19.1 Å². The standard InChI is InChI=1S/C34H66O4/c1-27(2)25-37-32(35)24-22-20-18-16-14-12-10-9-11-13-15-17-19-21-23-31(29(5)6)33(30(7)8)34(36)38-26-28(3)4/h27-31,33H,9-26H2,1-8H3. The molecule has 0 aliphatic carbocycles. The smallest absolute Gasteiger partial charge is 0.309 e. The second-order valence-electron chi connectivity index (χ2n) is 13.3. The van der Waals surface area contributed by atoms with Crippen LogP contribution in [0.3, 0.4) is 0 Å². The second-order valence-corrected chi connectivity index (χ2v) is 13.3. The van der Waals surface area contributed by atoms with Gasteiger partial charge in [-0.05, 0) is 42.4 Å². The number of esters is 2. The Morgan fingerprint density at radius 3 is 1.29 bits per heavy atom. The van der Waals surface area contributed by atoms with Crippen molar-refractivity contribution in [1.82, 2.24) is 0 Å². The number of ether oxygens (including phenoxy) is 2. The average molecular weight is 539 g/mol. The highest BCUT2D eigenvalue weighted by Crippen LogP contribution is 2.33. The highest BCUT2D eigenvalue weighted by molar-refractivity contribution is 5.73. The lowest BCUT2D eigenvalue weighted by molar-refractivity contribution is -0.154. The highest BCUT2D eigenvalue weighted by Gasteiger charge is 2.34. The lowest BCUT2D eigenvalue weighted by Gasteiger charge is -2.31. The zero-order valence-electron chi connectivity index (χ0n) is 26.8. The molecule has 0 rings (SSSR count). The first-order chi connectivity index (χ1) is 18.1. The van der Waals surface area contributed by atoms with E-state index in [-0.39, 0.29) is 17.9 Å². The van der Waals surface area contributed by atoms with Gasteiger partial charge < -0.3 is 9.47 Å². The molecule has 0 aromatic rings. The van der Waals surface area contributed by atoms with Crippen molar-refractivity contribution in [3.05, 3.63) is 0 Å². The van der Waals surface area contributed by atoms with Gasteiger partial charge in [0.05, 0.1) is 19.1 Å². The van der Waals surface area contributed by atoms with Crippen molar-refractivity contribution >= 4 is 11.9 Å². The van der Waals surface area contributed by atoms with Crippen LogP contribution < -0.4 is 0 Å². The molecule has 0 spiro atoms. The lowest BCUT2D eigenvalue weighted by atomic mass is 9.74. The van der Waals surface area contributed by atoms with Gasteiger partial charge in [0.25, 0.3) is 0 Å². The largest absolute Gasteiger partial charge is 0.465 e. The summed E-state index contributed by atoms with van der Waals surface area (Å²) in [5, 5.41) is 0. The first-order valence-corrected chi connectivity index (χ1v) is 16.4. The molecule has 0 heterocycles. The number of hydrogen-bond donors (Lipinski definition) is 0. The Bertz CT molecular complexity index is 567. The summed E-state index contributed by atoms with van der Waals surface area (Å²) in [4.78, 5) is 24.4. The zero-order chi connectivity index (χ0) is 28.8. The van der Waals surface area contributed by atoms with Gasteiger partial charge in [-0.25, -0.2) is 0 Å². The molecular weight excluding hydrogens is 472 g/mol. The quantitative estimate of drug-likeness (QED) is 0.0857. The summed E-state index contributed by atoms with van der Waals surface area (Å²) in [7, 11) is 0. The van der Waals surface area contributed by atoms with E-state index in [2.05, 4.69) is 55.4 Å². The van der Waals surface area contributed by atoms with Crippen molar-refractivity contribution in [3.63, 3.8) is 0 Å². The minimum Gasteiger partial charge on any atom is -0.465 e. The first-order valence-electron chi connectivity index (χ1n) is 16.4. The van der Waals surface area contributed by atoms with Gasteiger partial charge in [0.1, 0.15) is 0 Å². The van der Waals surface area contributed by atoms with Gasteiger partial charge in [0.15, 0.2) is 0 Å². The van der Waals surface area contributed by atoms with Gasteiger partial charge in [-0.2, -0.15) is 0 Å². The first kappa shape index (κ1) is 36.9. The fourth-order valence-corrected chi connectivity index (χ4v) is 5.32. The van der Waals surface area contributed by atoms with Crippen LogP contribution in [0.15, 0.2) is 0 Å². The molecule has 0 radical (unpaired) electrons. The van der Waals surface area contributed by atoms with Crippen LogP contribution in [0.25, 0.3) is 0 Å². The molecule has 2 unspecified atom stereocenters. The summed E-state index contributed by atoms with van der Waals surface area (Å²) < 4.78 is 10.9. The van der Waals surface area contributed by atoms with Crippen LogP contribution in [0.5, 0.6) is 0 Å². The maximum atomic E-state index is 12.8. The van der Waals surface area contributed by atoms with E-state index >= 15 is 0 Å². The summed E-state index contributed by atoms with van der Waals surface area (Å²) in [5.74, 6) is 2.07. The van der Waals surface area contributed by atoms with Crippen molar-refractivity contribution in [2.45, 2.75) is 158 Å². The predicted molar refractivity (Wildman–Crippen MR) is 162 cm³/mol. The van der Waals surface area contributed by atoms with E-state index < -0.39 is 0 Å². The van der Waals surface area contributed by atoms with Crippen molar-refractivity contribution in [2.75, 3.05) is 13.2 Å². The van der Waals surface area contributed by atoms with E-state index in [4.69, 9.17) is 9.47 Å². The molecule has 0 amide bonds. The van der Waals surface area contributed by atoms with Gasteiger partial charge in [-0.3, -0.25) is 9.59 Å². The van der Waals surface area contributed by atoms with Gasteiger partial charge >= 0.3 is 11.9 Å². The Morgan fingerprint density at radius 2 is 0.895 bits per heavy atom. The molecule has 38 heavy (non-hydrogen) atoms. The molecule has 0 aromatic heterocycles.